The molecule has 4 aromatic carbocycles. The summed E-state index contributed by atoms with van der Waals surface area (Å²) in [6, 6.07) is 29.9. The Bertz CT molecular complexity index is 1840. The van der Waals surface area contributed by atoms with Crippen molar-refractivity contribution in [2.75, 3.05) is 6.54 Å². The van der Waals surface area contributed by atoms with Gasteiger partial charge in [0.05, 0.1) is 24.6 Å². The molecule has 0 aliphatic heterocycles. The largest absolute Gasteiger partial charge is 0.368 e. The molecule has 1 heterocycles. The minimum atomic E-state index is -1.04. The fourth-order valence-electron chi connectivity index (χ4n) is 5.22. The number of aromatic nitrogens is 3. The number of nitrogens with zero attached hydrogens (tertiary/aromatic N) is 5. The topological polar surface area (TPSA) is 174 Å². The molecule has 2 atom stereocenters. The number of unbranched alkanes of at least 4 members (excludes halogenated alkanes) is 1. The number of rotatable bonds is 15. The number of carbonyl (C=O) groups is 3. The van der Waals surface area contributed by atoms with Gasteiger partial charge in [-0.15, -0.1) is 5.10 Å². The quantitative estimate of drug-likeness (QED) is 0.0768. The molecule has 0 spiro atoms. The predicted octanol–water partition coefficient (Wildman–Crippen LogP) is 3.68. The molecule has 6 N–H and O–H groups in total. The molecule has 5 aromatic rings. The first-order chi connectivity index (χ1) is 23.4. The SMILES string of the molecule is NCCCC[C@H](NC(=O)[C@@H](Cc1ccccc1)NC(=O)N(Cc1cn(-c2cccc3ccccc23)nn1)/N=C/c1ccccc1)C(N)=O. The van der Waals surface area contributed by atoms with Crippen LogP contribution in [-0.4, -0.2) is 62.7 Å². The number of carbonyl (C=O) groups excluding carboxylic acids is 3. The third-order valence-electron chi connectivity index (χ3n) is 7.75. The van der Waals surface area contributed by atoms with Crippen molar-refractivity contribution in [3.8, 4) is 5.69 Å². The smallest absolute Gasteiger partial charge is 0.338 e. The molecule has 0 saturated carbocycles. The van der Waals surface area contributed by atoms with E-state index in [1.165, 1.54) is 5.01 Å². The lowest BCUT2D eigenvalue weighted by molar-refractivity contribution is -0.128. The number of hydrogen-bond donors (Lipinski definition) is 4. The predicted molar refractivity (Wildman–Crippen MR) is 185 cm³/mol. The van der Waals surface area contributed by atoms with Crippen LogP contribution in [0.4, 0.5) is 4.79 Å². The summed E-state index contributed by atoms with van der Waals surface area (Å²) in [6.07, 6.45) is 5.10. The molecule has 1 aromatic heterocycles. The standard InChI is InChI=1S/C36H39N9O3/c37-21-10-9-19-31(34(38)46)40-35(47)32(22-26-12-3-1-4-13-26)41-36(48)45(39-23-27-14-5-2-6-15-27)25-29-24-44(43-42-29)33-20-11-17-28-16-7-8-18-30(28)33/h1-8,11-18,20,23-24,31-32H,9-10,19,21-22,25,37H2,(H2,38,46)(H,40,47)(H,41,48)/b39-23+/t31-,32+/m0/s1. The van der Waals surface area contributed by atoms with Gasteiger partial charge in [-0.25, -0.2) is 14.5 Å². The monoisotopic (exact) mass is 645 g/mol. The highest BCUT2D eigenvalue weighted by atomic mass is 16.2. The molecule has 0 unspecified atom stereocenters. The summed E-state index contributed by atoms with van der Waals surface area (Å²) in [4.78, 5) is 39.7. The van der Waals surface area contributed by atoms with Crippen molar-refractivity contribution in [2.45, 2.75) is 44.3 Å². The third kappa shape index (κ3) is 9.10. The van der Waals surface area contributed by atoms with Gasteiger partial charge in [0.15, 0.2) is 0 Å². The van der Waals surface area contributed by atoms with Gasteiger partial charge < -0.3 is 22.1 Å². The Morgan fingerprint density at radius 2 is 1.56 bits per heavy atom. The second-order valence-electron chi connectivity index (χ2n) is 11.3. The molecule has 5 rings (SSSR count). The molecule has 0 bridgehead atoms. The van der Waals surface area contributed by atoms with E-state index in [4.69, 9.17) is 11.5 Å². The minimum Gasteiger partial charge on any atom is -0.368 e. The highest BCUT2D eigenvalue weighted by Gasteiger charge is 2.28. The van der Waals surface area contributed by atoms with Gasteiger partial charge in [0, 0.05) is 11.8 Å². The first kappa shape index (κ1) is 33.5. The lowest BCUT2D eigenvalue weighted by atomic mass is 10.0. The maximum absolute atomic E-state index is 13.9. The first-order valence-electron chi connectivity index (χ1n) is 15.8. The van der Waals surface area contributed by atoms with Crippen molar-refractivity contribution in [3.05, 3.63) is 126 Å². The van der Waals surface area contributed by atoms with Crippen LogP contribution >= 0.6 is 0 Å². The van der Waals surface area contributed by atoms with Crippen molar-refractivity contribution in [2.24, 2.45) is 16.6 Å². The lowest BCUT2D eigenvalue weighted by Crippen LogP contribution is -2.55. The van der Waals surface area contributed by atoms with Crippen LogP contribution in [0.25, 0.3) is 16.5 Å². The number of primary amides is 1. The number of fused-ring (bicyclic) bond motifs is 1. The van der Waals surface area contributed by atoms with Crippen LogP contribution < -0.4 is 22.1 Å². The van der Waals surface area contributed by atoms with Gasteiger partial charge in [0.25, 0.3) is 0 Å². The van der Waals surface area contributed by atoms with Gasteiger partial charge in [-0.1, -0.05) is 102 Å². The van der Waals surface area contributed by atoms with Crippen LogP contribution in [0, 0.1) is 0 Å². The lowest BCUT2D eigenvalue weighted by Gasteiger charge is -2.24. The second-order valence-corrected chi connectivity index (χ2v) is 11.3. The van der Waals surface area contributed by atoms with Gasteiger partial charge in [0.1, 0.15) is 17.8 Å². The summed E-state index contributed by atoms with van der Waals surface area (Å²) in [7, 11) is 0. The fraction of sp³-hybridized carbons (Fsp3) is 0.222. The summed E-state index contributed by atoms with van der Waals surface area (Å²) in [6.45, 7) is 0.420. The molecule has 0 radical (unpaired) electrons. The third-order valence-corrected chi connectivity index (χ3v) is 7.75. The summed E-state index contributed by atoms with van der Waals surface area (Å²) >= 11 is 0. The zero-order valence-electron chi connectivity index (χ0n) is 26.5. The maximum atomic E-state index is 13.9. The average Bonchev–Trinajstić information content (AvgIpc) is 3.58. The van der Waals surface area contributed by atoms with Crippen LogP contribution in [0.5, 0.6) is 0 Å². The van der Waals surface area contributed by atoms with E-state index in [-0.39, 0.29) is 13.0 Å². The maximum Gasteiger partial charge on any atom is 0.338 e. The number of hydrazone groups is 1. The zero-order chi connectivity index (χ0) is 33.7. The Balaban J connectivity index is 1.40. The van der Waals surface area contributed by atoms with E-state index in [2.05, 4.69) is 26.0 Å². The normalized spacial score (nSPS) is 12.4. The van der Waals surface area contributed by atoms with Gasteiger partial charge in [-0.3, -0.25) is 9.59 Å². The molecule has 48 heavy (non-hydrogen) atoms. The molecule has 0 aliphatic rings. The Hall–Kier alpha value is -5.88. The van der Waals surface area contributed by atoms with Gasteiger partial charge in [-0.2, -0.15) is 5.10 Å². The van der Waals surface area contributed by atoms with Crippen molar-refractivity contribution in [1.82, 2.24) is 30.6 Å². The Morgan fingerprint density at radius 3 is 2.31 bits per heavy atom. The Kier molecular flexibility index (Phi) is 11.6. The van der Waals surface area contributed by atoms with Crippen LogP contribution in [-0.2, 0) is 22.6 Å². The number of urea groups is 1. The van der Waals surface area contributed by atoms with Gasteiger partial charge in [0.2, 0.25) is 11.8 Å². The van der Waals surface area contributed by atoms with Gasteiger partial charge in [-0.05, 0) is 48.4 Å². The fourth-order valence-corrected chi connectivity index (χ4v) is 5.22. The molecule has 12 nitrogen and oxygen atoms in total. The zero-order valence-corrected chi connectivity index (χ0v) is 26.5. The summed E-state index contributed by atoms with van der Waals surface area (Å²) in [5.41, 5.74) is 14.1. The highest BCUT2D eigenvalue weighted by Crippen LogP contribution is 2.21. The number of nitrogens with two attached hydrogens (primary N) is 2. The first-order valence-corrected chi connectivity index (χ1v) is 15.8. The number of hydrogen-bond acceptors (Lipinski definition) is 7. The van der Waals surface area contributed by atoms with Gasteiger partial charge >= 0.3 is 6.03 Å². The minimum absolute atomic E-state index is 0.0391. The van der Waals surface area contributed by atoms with E-state index in [1.54, 1.807) is 17.1 Å². The van der Waals surface area contributed by atoms with Crippen molar-refractivity contribution in [1.29, 1.82) is 0 Å². The summed E-state index contributed by atoms with van der Waals surface area (Å²) < 4.78 is 1.66. The van der Waals surface area contributed by atoms with Crippen molar-refractivity contribution >= 4 is 34.8 Å². The average molecular weight is 646 g/mol. The van der Waals surface area contributed by atoms with Crippen molar-refractivity contribution in [3.63, 3.8) is 0 Å². The molecule has 0 fully saturated rings. The van der Waals surface area contributed by atoms with Crippen LogP contribution in [0.15, 0.2) is 114 Å². The molecule has 12 heteroatoms. The summed E-state index contributed by atoms with van der Waals surface area (Å²) in [5.74, 6) is -1.20. The van der Waals surface area contributed by atoms with E-state index in [0.29, 0.717) is 31.5 Å². The second kappa shape index (κ2) is 16.6. The van der Waals surface area contributed by atoms with E-state index < -0.39 is 29.9 Å². The van der Waals surface area contributed by atoms with E-state index in [0.717, 1.165) is 27.6 Å². The van der Waals surface area contributed by atoms with Crippen molar-refractivity contribution < 1.29 is 14.4 Å². The number of benzene rings is 4. The molecule has 246 valence electrons. The molecule has 0 aliphatic carbocycles. The van der Waals surface area contributed by atoms with Crippen LogP contribution in [0.1, 0.15) is 36.1 Å². The van der Waals surface area contributed by atoms with Crippen LogP contribution in [0.2, 0.25) is 0 Å². The van der Waals surface area contributed by atoms with Crippen LogP contribution in [0.3, 0.4) is 0 Å². The number of nitrogens with one attached hydrogen (secondary N) is 2. The molecule has 4 amide bonds. The highest BCUT2D eigenvalue weighted by molar-refractivity contribution is 5.92. The molecule has 0 saturated heterocycles. The van der Waals surface area contributed by atoms with E-state index >= 15 is 0 Å². The number of amides is 4. The van der Waals surface area contributed by atoms with E-state index in [1.807, 2.05) is 103 Å². The molecular formula is C36H39N9O3. The Labute approximate surface area is 278 Å². The van der Waals surface area contributed by atoms with E-state index in [9.17, 15) is 14.4 Å². The summed E-state index contributed by atoms with van der Waals surface area (Å²) in [5, 5.41) is 22.0. The molecular weight excluding hydrogens is 606 g/mol. The Morgan fingerprint density at radius 1 is 0.854 bits per heavy atom.